The number of methoxy groups -OCH3 is 1. The summed E-state index contributed by atoms with van der Waals surface area (Å²) in [4.78, 5) is 32.7. The van der Waals surface area contributed by atoms with Crippen molar-refractivity contribution in [3.63, 3.8) is 0 Å². The SMILES string of the molecule is CCOc1ccc(/C(O)=C2\C(=O)C(=O)N(c3nc4ccc(OC)cc4s3)[C@H]2c2cccc(Cl)c2)cc1. The molecule has 1 N–H and O–H groups in total. The highest BCUT2D eigenvalue weighted by Crippen LogP contribution is 2.45. The van der Waals surface area contributed by atoms with Gasteiger partial charge in [0.1, 0.15) is 17.3 Å². The quantitative estimate of drug-likeness (QED) is 0.191. The average Bonchev–Trinajstić information content (AvgIpc) is 3.42. The van der Waals surface area contributed by atoms with Crippen molar-refractivity contribution in [3.05, 3.63) is 88.5 Å². The number of aliphatic hydroxyl groups is 1. The van der Waals surface area contributed by atoms with Crippen LogP contribution in [-0.2, 0) is 9.59 Å². The van der Waals surface area contributed by atoms with E-state index in [4.69, 9.17) is 21.1 Å². The second kappa shape index (κ2) is 9.64. The molecule has 1 aliphatic heterocycles. The Balaban J connectivity index is 1.68. The molecule has 3 aromatic carbocycles. The van der Waals surface area contributed by atoms with Crippen molar-refractivity contribution >= 4 is 55.7 Å². The van der Waals surface area contributed by atoms with Gasteiger partial charge in [-0.05, 0) is 67.1 Å². The summed E-state index contributed by atoms with van der Waals surface area (Å²) in [6, 6.07) is 18.0. The molecule has 36 heavy (non-hydrogen) atoms. The topological polar surface area (TPSA) is 89.0 Å². The monoisotopic (exact) mass is 520 g/mol. The number of rotatable bonds is 6. The molecule has 5 rings (SSSR count). The third-order valence-electron chi connectivity index (χ3n) is 5.84. The van der Waals surface area contributed by atoms with Crippen molar-refractivity contribution in [1.29, 1.82) is 0 Å². The Bertz CT molecular complexity index is 1510. The number of hydrogen-bond donors (Lipinski definition) is 1. The van der Waals surface area contributed by atoms with Crippen LogP contribution in [-0.4, -0.2) is 35.5 Å². The van der Waals surface area contributed by atoms with E-state index in [1.165, 1.54) is 16.2 Å². The van der Waals surface area contributed by atoms with E-state index in [2.05, 4.69) is 4.98 Å². The van der Waals surface area contributed by atoms with E-state index in [0.29, 0.717) is 44.9 Å². The number of fused-ring (bicyclic) bond motifs is 1. The Morgan fingerprint density at radius 2 is 1.83 bits per heavy atom. The summed E-state index contributed by atoms with van der Waals surface area (Å²) in [5, 5.41) is 12.0. The van der Waals surface area contributed by atoms with Crippen LogP contribution in [0.4, 0.5) is 5.13 Å². The zero-order valence-corrected chi connectivity index (χ0v) is 21.0. The fraction of sp³-hybridized carbons (Fsp3) is 0.148. The number of carbonyl (C=O) groups excluding carboxylic acids is 2. The number of aliphatic hydroxyl groups excluding tert-OH is 1. The third kappa shape index (κ3) is 4.19. The van der Waals surface area contributed by atoms with Gasteiger partial charge in [0.25, 0.3) is 5.78 Å². The lowest BCUT2D eigenvalue weighted by Gasteiger charge is -2.23. The van der Waals surface area contributed by atoms with Gasteiger partial charge in [-0.1, -0.05) is 35.1 Å². The number of ether oxygens (including phenoxy) is 2. The number of nitrogens with zero attached hydrogens (tertiary/aromatic N) is 2. The minimum atomic E-state index is -0.919. The van der Waals surface area contributed by atoms with Crippen LogP contribution in [0.1, 0.15) is 24.1 Å². The fourth-order valence-electron chi connectivity index (χ4n) is 4.18. The Labute approximate surface area is 216 Å². The number of anilines is 1. The molecule has 1 atom stereocenters. The lowest BCUT2D eigenvalue weighted by Crippen LogP contribution is -2.29. The number of ketones is 1. The molecular weight excluding hydrogens is 500 g/mol. The molecule has 0 aliphatic carbocycles. The molecule has 2 heterocycles. The van der Waals surface area contributed by atoms with Crippen LogP contribution >= 0.6 is 22.9 Å². The first-order valence-electron chi connectivity index (χ1n) is 11.2. The van der Waals surface area contributed by atoms with Crippen molar-refractivity contribution in [2.45, 2.75) is 13.0 Å². The van der Waals surface area contributed by atoms with Crippen molar-refractivity contribution in [3.8, 4) is 11.5 Å². The largest absolute Gasteiger partial charge is 0.507 e. The molecule has 1 amide bonds. The zero-order valence-electron chi connectivity index (χ0n) is 19.4. The third-order valence-corrected chi connectivity index (χ3v) is 7.09. The molecule has 0 radical (unpaired) electrons. The van der Waals surface area contributed by atoms with Gasteiger partial charge in [-0.15, -0.1) is 0 Å². The predicted octanol–water partition coefficient (Wildman–Crippen LogP) is 5.98. The van der Waals surface area contributed by atoms with Crippen molar-refractivity contribution in [2.75, 3.05) is 18.6 Å². The molecule has 4 aromatic rings. The number of hydrogen-bond acceptors (Lipinski definition) is 7. The van der Waals surface area contributed by atoms with Gasteiger partial charge in [0, 0.05) is 10.6 Å². The Morgan fingerprint density at radius 3 is 2.53 bits per heavy atom. The molecule has 1 fully saturated rings. The van der Waals surface area contributed by atoms with Crippen LogP contribution in [0.15, 0.2) is 72.3 Å². The van der Waals surface area contributed by atoms with Crippen molar-refractivity contribution < 1.29 is 24.2 Å². The maximum absolute atomic E-state index is 13.4. The van der Waals surface area contributed by atoms with Crippen LogP contribution in [0.25, 0.3) is 16.0 Å². The van der Waals surface area contributed by atoms with Gasteiger partial charge in [0.05, 0.1) is 35.5 Å². The van der Waals surface area contributed by atoms with E-state index >= 15 is 0 Å². The van der Waals surface area contributed by atoms with E-state index in [-0.39, 0.29) is 11.3 Å². The number of thiazole rings is 1. The van der Waals surface area contributed by atoms with E-state index in [1.54, 1.807) is 67.8 Å². The van der Waals surface area contributed by atoms with Crippen LogP contribution < -0.4 is 14.4 Å². The molecule has 1 aliphatic rings. The highest BCUT2D eigenvalue weighted by molar-refractivity contribution is 7.22. The van der Waals surface area contributed by atoms with Gasteiger partial charge in [-0.25, -0.2) is 4.98 Å². The minimum Gasteiger partial charge on any atom is -0.507 e. The Morgan fingerprint density at radius 1 is 1.08 bits per heavy atom. The lowest BCUT2D eigenvalue weighted by atomic mass is 9.95. The number of carbonyl (C=O) groups is 2. The first-order chi connectivity index (χ1) is 17.4. The molecule has 9 heteroatoms. The molecule has 0 unspecified atom stereocenters. The lowest BCUT2D eigenvalue weighted by molar-refractivity contribution is -0.132. The highest BCUT2D eigenvalue weighted by Gasteiger charge is 2.48. The van der Waals surface area contributed by atoms with E-state index in [1.807, 2.05) is 13.0 Å². The molecule has 0 bridgehead atoms. The van der Waals surface area contributed by atoms with Crippen molar-refractivity contribution in [1.82, 2.24) is 4.98 Å². The van der Waals surface area contributed by atoms with Gasteiger partial charge in [-0.2, -0.15) is 0 Å². The van der Waals surface area contributed by atoms with Gasteiger partial charge >= 0.3 is 5.91 Å². The summed E-state index contributed by atoms with van der Waals surface area (Å²) in [5.74, 6) is -0.583. The number of aromatic nitrogens is 1. The highest BCUT2D eigenvalue weighted by atomic mass is 35.5. The second-order valence-electron chi connectivity index (χ2n) is 8.01. The number of Topliss-reactive ketones (excluding diaryl/α,β-unsaturated/α-hetero) is 1. The molecule has 0 spiro atoms. The van der Waals surface area contributed by atoms with Gasteiger partial charge in [0.15, 0.2) is 5.13 Å². The standard InChI is InChI=1S/C27H21ClN2O5S/c1-3-35-18-9-7-15(8-10-18)24(31)22-23(16-5-4-6-17(28)13-16)30(26(33)25(22)32)27-29-20-12-11-19(34-2)14-21(20)36-27/h4-14,23,31H,3H2,1-2H3/b24-22+/t23-/m0/s1. The van der Waals surface area contributed by atoms with Gasteiger partial charge < -0.3 is 14.6 Å². The molecule has 1 saturated heterocycles. The first kappa shape index (κ1) is 23.8. The number of amides is 1. The summed E-state index contributed by atoms with van der Waals surface area (Å²) in [5.41, 5.74) is 1.58. The average molecular weight is 521 g/mol. The van der Waals surface area contributed by atoms with Crippen molar-refractivity contribution in [2.24, 2.45) is 0 Å². The Hall–Kier alpha value is -3.88. The molecule has 0 saturated carbocycles. The van der Waals surface area contributed by atoms with Crippen LogP contribution in [0.3, 0.4) is 0 Å². The second-order valence-corrected chi connectivity index (χ2v) is 9.46. The normalized spacial score (nSPS) is 17.1. The zero-order chi connectivity index (χ0) is 25.4. The minimum absolute atomic E-state index is 0.0386. The predicted molar refractivity (Wildman–Crippen MR) is 140 cm³/mol. The summed E-state index contributed by atoms with van der Waals surface area (Å²) < 4.78 is 11.6. The van der Waals surface area contributed by atoms with Gasteiger partial charge in [-0.3, -0.25) is 14.5 Å². The van der Waals surface area contributed by atoms with E-state index in [9.17, 15) is 14.7 Å². The van der Waals surface area contributed by atoms with Crippen LogP contribution in [0.2, 0.25) is 5.02 Å². The maximum Gasteiger partial charge on any atom is 0.301 e. The summed E-state index contributed by atoms with van der Waals surface area (Å²) in [6.45, 7) is 2.37. The van der Waals surface area contributed by atoms with Crippen LogP contribution in [0, 0.1) is 0 Å². The number of benzene rings is 3. The maximum atomic E-state index is 13.4. The smallest absolute Gasteiger partial charge is 0.301 e. The Kier molecular flexibility index (Phi) is 6.38. The van der Waals surface area contributed by atoms with E-state index < -0.39 is 17.7 Å². The summed E-state index contributed by atoms with van der Waals surface area (Å²) >= 11 is 7.53. The summed E-state index contributed by atoms with van der Waals surface area (Å²) in [7, 11) is 1.57. The molecule has 1 aromatic heterocycles. The summed E-state index contributed by atoms with van der Waals surface area (Å²) in [6.07, 6.45) is 0. The molecule has 7 nitrogen and oxygen atoms in total. The van der Waals surface area contributed by atoms with Gasteiger partial charge in [0.2, 0.25) is 0 Å². The molecule has 182 valence electrons. The van der Waals surface area contributed by atoms with Crippen LogP contribution in [0.5, 0.6) is 11.5 Å². The van der Waals surface area contributed by atoms with E-state index in [0.717, 1.165) is 4.70 Å². The number of halogens is 1. The fourth-order valence-corrected chi connectivity index (χ4v) is 5.40. The molecular formula is C27H21ClN2O5S. The first-order valence-corrected chi connectivity index (χ1v) is 12.3.